The Morgan fingerprint density at radius 2 is 2.17 bits per heavy atom. The van der Waals surface area contributed by atoms with Gasteiger partial charge in [-0.15, -0.1) is 0 Å². The van der Waals surface area contributed by atoms with Gasteiger partial charge in [-0.25, -0.2) is 0 Å². The molecule has 30 heavy (non-hydrogen) atoms. The molecule has 0 amide bonds. The highest BCUT2D eigenvalue weighted by Gasteiger charge is 2.25. The predicted octanol–water partition coefficient (Wildman–Crippen LogP) is 2.73. The average Bonchev–Trinajstić information content (AvgIpc) is 3.22. The molecule has 1 aromatic carbocycles. The third-order valence-electron chi connectivity index (χ3n) is 5.25. The fourth-order valence-electron chi connectivity index (χ4n) is 3.65. The number of nitrogens with zero attached hydrogens (tertiary/aromatic N) is 3. The lowest BCUT2D eigenvalue weighted by molar-refractivity contribution is 0.415. The fourth-order valence-corrected chi connectivity index (χ4v) is 3.82. The summed E-state index contributed by atoms with van der Waals surface area (Å²) in [4.78, 5) is 18.3. The first-order valence-electron chi connectivity index (χ1n) is 10.3. The molecule has 2 heterocycles. The lowest BCUT2D eigenvalue weighted by atomic mass is 10.2. The molecule has 1 atom stereocenters. The number of unbranched alkanes of at least 4 members (excludes halogenated alkanes) is 1. The maximum absolute atomic E-state index is 11.7. The molecule has 0 spiro atoms. The zero-order valence-electron chi connectivity index (χ0n) is 17.6. The predicted molar refractivity (Wildman–Crippen MR) is 123 cm³/mol. The lowest BCUT2D eigenvalue weighted by Crippen LogP contribution is -2.44. The summed E-state index contributed by atoms with van der Waals surface area (Å²) in [5, 5.41) is 7.58. The van der Waals surface area contributed by atoms with E-state index in [9.17, 15) is 4.79 Å². The molecule has 1 saturated heterocycles. The Labute approximate surface area is 182 Å². The van der Waals surface area contributed by atoms with Crippen LogP contribution in [-0.2, 0) is 6.54 Å². The summed E-state index contributed by atoms with van der Waals surface area (Å²) in [6.45, 7) is 3.32. The van der Waals surface area contributed by atoms with E-state index in [-0.39, 0.29) is 5.56 Å². The Bertz CT molecular complexity index is 914. The van der Waals surface area contributed by atoms with Crippen molar-refractivity contribution in [2.24, 2.45) is 4.99 Å². The van der Waals surface area contributed by atoms with Gasteiger partial charge >= 0.3 is 0 Å². The van der Waals surface area contributed by atoms with Crippen LogP contribution >= 0.6 is 11.6 Å². The number of hydrogen-bond donors (Lipinski definition) is 2. The van der Waals surface area contributed by atoms with Gasteiger partial charge in [-0.2, -0.15) is 0 Å². The first-order valence-corrected chi connectivity index (χ1v) is 10.7. The van der Waals surface area contributed by atoms with Gasteiger partial charge in [0.1, 0.15) is 5.75 Å². The first kappa shape index (κ1) is 22.0. The second-order valence-electron chi connectivity index (χ2n) is 7.33. The number of aryl methyl sites for hydroxylation is 1. The Balaban J connectivity index is 1.43. The van der Waals surface area contributed by atoms with Crippen molar-refractivity contribution in [3.8, 4) is 5.75 Å². The molecule has 3 rings (SSSR count). The summed E-state index contributed by atoms with van der Waals surface area (Å²) < 4.78 is 7.23. The van der Waals surface area contributed by atoms with Crippen molar-refractivity contribution in [2.45, 2.75) is 31.8 Å². The minimum atomic E-state index is 0.0463. The van der Waals surface area contributed by atoms with E-state index in [0.717, 1.165) is 62.8 Å². The summed E-state index contributed by atoms with van der Waals surface area (Å²) >= 11 is 6.18. The zero-order chi connectivity index (χ0) is 21.3. The topological polar surface area (TPSA) is 70.9 Å². The largest absolute Gasteiger partial charge is 0.495 e. The van der Waals surface area contributed by atoms with E-state index in [1.807, 2.05) is 30.5 Å². The zero-order valence-corrected chi connectivity index (χ0v) is 18.4. The lowest BCUT2D eigenvalue weighted by Gasteiger charge is -2.22. The van der Waals surface area contributed by atoms with Crippen LogP contribution in [0.5, 0.6) is 5.75 Å². The number of aliphatic imine (C=N–C) groups is 1. The maximum Gasteiger partial charge on any atom is 0.250 e. The van der Waals surface area contributed by atoms with Crippen molar-refractivity contribution in [1.82, 2.24) is 15.2 Å². The number of ether oxygens (including phenoxy) is 1. The van der Waals surface area contributed by atoms with E-state index in [1.54, 1.807) is 30.9 Å². The van der Waals surface area contributed by atoms with E-state index < -0.39 is 0 Å². The van der Waals surface area contributed by atoms with Crippen molar-refractivity contribution in [3.05, 3.63) is 58.0 Å². The number of anilines is 1. The van der Waals surface area contributed by atoms with Gasteiger partial charge < -0.3 is 24.8 Å². The number of rotatable bonds is 8. The normalized spacial score (nSPS) is 16.6. The summed E-state index contributed by atoms with van der Waals surface area (Å²) in [6.07, 6.45) is 4.72. The Kier molecular flexibility index (Phi) is 8.02. The minimum Gasteiger partial charge on any atom is -0.495 e. The molecule has 1 unspecified atom stereocenters. The highest BCUT2D eigenvalue weighted by atomic mass is 35.5. The number of aromatic nitrogens is 1. The van der Waals surface area contributed by atoms with Crippen molar-refractivity contribution in [2.75, 3.05) is 38.7 Å². The number of hydrogen-bond acceptors (Lipinski definition) is 4. The van der Waals surface area contributed by atoms with Crippen LogP contribution in [0.25, 0.3) is 0 Å². The second kappa shape index (κ2) is 10.9. The molecule has 1 aromatic heterocycles. The van der Waals surface area contributed by atoms with E-state index in [1.165, 1.54) is 0 Å². The van der Waals surface area contributed by atoms with Crippen LogP contribution in [0, 0.1) is 0 Å². The van der Waals surface area contributed by atoms with Gasteiger partial charge in [-0.3, -0.25) is 9.79 Å². The molecule has 0 radical (unpaired) electrons. The van der Waals surface area contributed by atoms with Crippen molar-refractivity contribution < 1.29 is 4.74 Å². The highest BCUT2D eigenvalue weighted by molar-refractivity contribution is 6.30. The quantitative estimate of drug-likeness (QED) is 0.382. The number of guanidine groups is 1. The standard InChI is InChI=1S/C22H30ClN5O2/c1-24-22(25-11-4-6-13-27-12-5-3-7-21(27)29)26-18-10-14-28(16-18)19-15-17(23)8-9-20(19)30-2/h3,5,7-9,12,15,18H,4,6,10-11,13-14,16H2,1-2H3,(H2,24,25,26). The molecule has 2 N–H and O–H groups in total. The van der Waals surface area contributed by atoms with Crippen LogP contribution in [0.4, 0.5) is 5.69 Å². The summed E-state index contributed by atoms with van der Waals surface area (Å²) in [6, 6.07) is 11.2. The van der Waals surface area contributed by atoms with E-state index in [4.69, 9.17) is 16.3 Å². The molecule has 1 fully saturated rings. The van der Waals surface area contributed by atoms with Crippen LogP contribution in [0.15, 0.2) is 52.4 Å². The average molecular weight is 432 g/mol. The van der Waals surface area contributed by atoms with Gasteiger partial charge in [-0.1, -0.05) is 17.7 Å². The van der Waals surface area contributed by atoms with Gasteiger partial charge in [-0.05, 0) is 43.5 Å². The maximum atomic E-state index is 11.7. The highest BCUT2D eigenvalue weighted by Crippen LogP contribution is 2.33. The molecule has 0 bridgehead atoms. The van der Waals surface area contributed by atoms with Crippen LogP contribution in [-0.4, -0.2) is 50.4 Å². The molecule has 1 aliphatic heterocycles. The van der Waals surface area contributed by atoms with E-state index in [0.29, 0.717) is 11.1 Å². The summed E-state index contributed by atoms with van der Waals surface area (Å²) in [5.74, 6) is 1.64. The van der Waals surface area contributed by atoms with E-state index >= 15 is 0 Å². The van der Waals surface area contributed by atoms with Gasteiger partial charge in [0.2, 0.25) is 5.56 Å². The number of halogens is 1. The molecule has 162 valence electrons. The molecule has 0 saturated carbocycles. The summed E-state index contributed by atoms with van der Waals surface area (Å²) in [7, 11) is 3.46. The Morgan fingerprint density at radius 3 is 2.93 bits per heavy atom. The molecular weight excluding hydrogens is 402 g/mol. The van der Waals surface area contributed by atoms with E-state index in [2.05, 4.69) is 20.5 Å². The number of pyridine rings is 1. The van der Waals surface area contributed by atoms with Gasteiger partial charge in [0.25, 0.3) is 0 Å². The van der Waals surface area contributed by atoms with Crippen LogP contribution < -0.4 is 25.8 Å². The van der Waals surface area contributed by atoms with Crippen LogP contribution in [0.1, 0.15) is 19.3 Å². The Morgan fingerprint density at radius 1 is 1.30 bits per heavy atom. The molecule has 8 heteroatoms. The van der Waals surface area contributed by atoms with Crippen LogP contribution in [0.3, 0.4) is 0 Å². The first-order chi connectivity index (χ1) is 14.6. The smallest absolute Gasteiger partial charge is 0.250 e. The number of nitrogens with one attached hydrogen (secondary N) is 2. The van der Waals surface area contributed by atoms with Crippen LogP contribution in [0.2, 0.25) is 5.02 Å². The third-order valence-corrected chi connectivity index (χ3v) is 5.49. The second-order valence-corrected chi connectivity index (χ2v) is 7.77. The fraction of sp³-hybridized carbons (Fsp3) is 0.455. The monoisotopic (exact) mass is 431 g/mol. The molecule has 7 nitrogen and oxygen atoms in total. The Hall–Kier alpha value is -2.67. The van der Waals surface area contributed by atoms with Crippen molar-refractivity contribution in [3.63, 3.8) is 0 Å². The summed E-state index contributed by atoms with van der Waals surface area (Å²) in [5.41, 5.74) is 1.07. The van der Waals surface area contributed by atoms with Gasteiger partial charge in [0, 0.05) is 56.6 Å². The molecular formula is C22H30ClN5O2. The number of benzene rings is 1. The van der Waals surface area contributed by atoms with Crippen molar-refractivity contribution >= 4 is 23.2 Å². The third kappa shape index (κ3) is 5.92. The number of methoxy groups -OCH3 is 1. The van der Waals surface area contributed by atoms with Crippen molar-refractivity contribution in [1.29, 1.82) is 0 Å². The minimum absolute atomic E-state index is 0.0463. The van der Waals surface area contributed by atoms with Gasteiger partial charge in [0.15, 0.2) is 5.96 Å². The molecule has 1 aliphatic rings. The molecule has 2 aromatic rings. The van der Waals surface area contributed by atoms with Gasteiger partial charge in [0.05, 0.1) is 12.8 Å². The molecule has 0 aliphatic carbocycles. The SMILES string of the molecule is CN=C(NCCCCn1ccccc1=O)NC1CCN(c2cc(Cl)ccc2OC)C1.